The first kappa shape index (κ1) is 15.4. The Balaban J connectivity index is 2.17. The van der Waals surface area contributed by atoms with Crippen molar-refractivity contribution in [3.8, 4) is 0 Å². The van der Waals surface area contributed by atoms with Gasteiger partial charge in [0.2, 0.25) is 0 Å². The van der Waals surface area contributed by atoms with E-state index in [1.54, 1.807) is 6.07 Å². The van der Waals surface area contributed by atoms with E-state index < -0.39 is 0 Å². The maximum atomic E-state index is 6.24. The molecule has 1 heterocycles. The van der Waals surface area contributed by atoms with E-state index in [4.69, 9.17) is 27.6 Å². The highest BCUT2D eigenvalue weighted by molar-refractivity contribution is 6.33. The van der Waals surface area contributed by atoms with Gasteiger partial charge in [-0.1, -0.05) is 23.2 Å². The fourth-order valence-electron chi connectivity index (χ4n) is 2.48. The monoisotopic (exact) mass is 311 g/mol. The molecule has 2 nitrogen and oxygen atoms in total. The molecule has 1 aromatic carbocycles. The van der Waals surface area contributed by atoms with E-state index in [1.165, 1.54) is 5.56 Å². The van der Waals surface area contributed by atoms with Gasteiger partial charge < -0.3 is 9.73 Å². The molecule has 0 radical (unpaired) electrons. The van der Waals surface area contributed by atoms with Gasteiger partial charge in [0.1, 0.15) is 11.5 Å². The predicted octanol–water partition coefficient (Wildman–Crippen LogP) is 5.62. The van der Waals surface area contributed by atoms with Gasteiger partial charge in [-0.15, -0.1) is 0 Å². The van der Waals surface area contributed by atoms with Crippen LogP contribution in [0.5, 0.6) is 0 Å². The molecule has 0 saturated heterocycles. The van der Waals surface area contributed by atoms with Crippen LogP contribution in [0.15, 0.2) is 28.7 Å². The van der Waals surface area contributed by atoms with E-state index in [9.17, 15) is 0 Å². The lowest BCUT2D eigenvalue weighted by atomic mass is 10.0. The second-order valence-corrected chi connectivity index (χ2v) is 5.99. The smallest absolute Gasteiger partial charge is 0.105 e. The molecule has 0 bridgehead atoms. The highest BCUT2D eigenvalue weighted by atomic mass is 35.5. The van der Waals surface area contributed by atoms with Crippen molar-refractivity contribution < 1.29 is 4.42 Å². The summed E-state index contributed by atoms with van der Waals surface area (Å²) in [7, 11) is 0. The number of hydrogen-bond acceptors (Lipinski definition) is 2. The maximum absolute atomic E-state index is 6.24. The Labute approximate surface area is 130 Å². The van der Waals surface area contributed by atoms with Crippen LogP contribution in [0.2, 0.25) is 10.0 Å². The Hall–Kier alpha value is -0.960. The number of nitrogens with one attached hydrogen (secondary N) is 1. The molecule has 2 aromatic rings. The van der Waals surface area contributed by atoms with E-state index in [-0.39, 0.29) is 12.1 Å². The lowest BCUT2D eigenvalue weighted by Gasteiger charge is -2.21. The van der Waals surface area contributed by atoms with Crippen LogP contribution in [0, 0.1) is 13.8 Å². The normalized spacial score (nSPS) is 14.3. The van der Waals surface area contributed by atoms with Crippen molar-refractivity contribution in [2.45, 2.75) is 39.8 Å². The van der Waals surface area contributed by atoms with Crippen LogP contribution in [-0.2, 0) is 0 Å². The van der Waals surface area contributed by atoms with Crippen LogP contribution >= 0.6 is 23.2 Å². The van der Waals surface area contributed by atoms with E-state index >= 15 is 0 Å². The number of halogens is 2. The van der Waals surface area contributed by atoms with Crippen LogP contribution in [0.25, 0.3) is 0 Å². The summed E-state index contributed by atoms with van der Waals surface area (Å²) in [4.78, 5) is 0. The van der Waals surface area contributed by atoms with Crippen molar-refractivity contribution in [1.82, 2.24) is 5.32 Å². The van der Waals surface area contributed by atoms with Gasteiger partial charge >= 0.3 is 0 Å². The molecule has 2 unspecified atom stereocenters. The van der Waals surface area contributed by atoms with Crippen molar-refractivity contribution in [1.29, 1.82) is 0 Å². The first-order chi connectivity index (χ1) is 9.38. The van der Waals surface area contributed by atoms with Gasteiger partial charge in [-0.2, -0.15) is 0 Å². The number of aryl methyl sites for hydroxylation is 2. The Morgan fingerprint density at radius 2 is 1.65 bits per heavy atom. The van der Waals surface area contributed by atoms with Crippen LogP contribution in [-0.4, -0.2) is 0 Å². The summed E-state index contributed by atoms with van der Waals surface area (Å²) < 4.78 is 5.58. The lowest BCUT2D eigenvalue weighted by molar-refractivity contribution is 0.469. The van der Waals surface area contributed by atoms with E-state index in [0.717, 1.165) is 22.1 Å². The standard InChI is InChI=1S/C16H19Cl2NO/c1-9-7-14(12(4)20-9)10(2)19-11(3)15-8-13(17)5-6-16(15)18/h5-8,10-11,19H,1-4H3. The molecule has 1 aromatic heterocycles. The fourth-order valence-corrected chi connectivity index (χ4v) is 2.94. The molecule has 0 aliphatic heterocycles. The van der Waals surface area contributed by atoms with E-state index in [0.29, 0.717) is 5.02 Å². The summed E-state index contributed by atoms with van der Waals surface area (Å²) in [6.45, 7) is 8.14. The van der Waals surface area contributed by atoms with Crippen molar-refractivity contribution >= 4 is 23.2 Å². The molecule has 20 heavy (non-hydrogen) atoms. The van der Waals surface area contributed by atoms with E-state index in [1.807, 2.05) is 26.0 Å². The van der Waals surface area contributed by atoms with Gasteiger partial charge in [0, 0.05) is 27.7 Å². The number of furan rings is 1. The summed E-state index contributed by atoms with van der Waals surface area (Å²) in [6, 6.07) is 7.88. The van der Waals surface area contributed by atoms with Gasteiger partial charge in [0.05, 0.1) is 0 Å². The van der Waals surface area contributed by atoms with Crippen molar-refractivity contribution in [2.75, 3.05) is 0 Å². The zero-order valence-electron chi connectivity index (χ0n) is 12.1. The second-order valence-electron chi connectivity index (χ2n) is 5.14. The molecular formula is C16H19Cl2NO. The van der Waals surface area contributed by atoms with Gasteiger partial charge in [-0.05, 0) is 57.5 Å². The average Bonchev–Trinajstić information content (AvgIpc) is 2.71. The number of hydrogen-bond donors (Lipinski definition) is 1. The number of rotatable bonds is 4. The van der Waals surface area contributed by atoms with E-state index in [2.05, 4.69) is 25.2 Å². The molecule has 0 spiro atoms. The largest absolute Gasteiger partial charge is 0.466 e. The molecule has 2 atom stereocenters. The second kappa shape index (κ2) is 6.21. The summed E-state index contributed by atoms with van der Waals surface area (Å²) in [6.07, 6.45) is 0. The maximum Gasteiger partial charge on any atom is 0.105 e. The van der Waals surface area contributed by atoms with Crippen molar-refractivity contribution in [3.63, 3.8) is 0 Å². The third-order valence-electron chi connectivity index (χ3n) is 3.47. The first-order valence-electron chi connectivity index (χ1n) is 6.66. The van der Waals surface area contributed by atoms with Gasteiger partial charge in [0.25, 0.3) is 0 Å². The molecular weight excluding hydrogens is 293 g/mol. The zero-order valence-corrected chi connectivity index (χ0v) is 13.6. The topological polar surface area (TPSA) is 25.2 Å². The third kappa shape index (κ3) is 3.38. The van der Waals surface area contributed by atoms with Gasteiger partial charge in [0.15, 0.2) is 0 Å². The summed E-state index contributed by atoms with van der Waals surface area (Å²) >= 11 is 12.3. The molecule has 0 aliphatic carbocycles. The zero-order chi connectivity index (χ0) is 14.9. The highest BCUT2D eigenvalue weighted by Gasteiger charge is 2.17. The van der Waals surface area contributed by atoms with Crippen LogP contribution < -0.4 is 5.32 Å². The Morgan fingerprint density at radius 3 is 2.25 bits per heavy atom. The SMILES string of the molecule is Cc1cc(C(C)NC(C)c2cc(Cl)ccc2Cl)c(C)o1. The Bertz CT molecular complexity index is 607. The Morgan fingerprint density at radius 1 is 1.00 bits per heavy atom. The first-order valence-corrected chi connectivity index (χ1v) is 7.42. The molecule has 1 N–H and O–H groups in total. The minimum Gasteiger partial charge on any atom is -0.466 e. The van der Waals surface area contributed by atoms with Crippen LogP contribution in [0.4, 0.5) is 0 Å². The minimum absolute atomic E-state index is 0.103. The fraction of sp³-hybridized carbons (Fsp3) is 0.375. The summed E-state index contributed by atoms with van der Waals surface area (Å²) in [5.41, 5.74) is 2.18. The van der Waals surface area contributed by atoms with Gasteiger partial charge in [-0.3, -0.25) is 0 Å². The quantitative estimate of drug-likeness (QED) is 0.793. The summed E-state index contributed by atoms with van der Waals surface area (Å²) in [5, 5.41) is 4.95. The molecule has 108 valence electrons. The molecule has 4 heteroatoms. The van der Waals surface area contributed by atoms with Gasteiger partial charge in [-0.25, -0.2) is 0 Å². The molecule has 0 saturated carbocycles. The summed E-state index contributed by atoms with van der Waals surface area (Å²) in [5.74, 6) is 1.88. The molecule has 0 fully saturated rings. The Kier molecular flexibility index (Phi) is 4.79. The molecule has 2 rings (SSSR count). The average molecular weight is 312 g/mol. The van der Waals surface area contributed by atoms with Crippen molar-refractivity contribution in [2.24, 2.45) is 0 Å². The minimum atomic E-state index is 0.103. The van der Waals surface area contributed by atoms with Crippen molar-refractivity contribution in [3.05, 3.63) is 57.0 Å². The lowest BCUT2D eigenvalue weighted by Crippen LogP contribution is -2.22. The predicted molar refractivity (Wildman–Crippen MR) is 84.6 cm³/mol. The number of benzene rings is 1. The third-order valence-corrected chi connectivity index (χ3v) is 4.05. The molecule has 0 aliphatic rings. The van der Waals surface area contributed by atoms with Crippen LogP contribution in [0.3, 0.4) is 0 Å². The van der Waals surface area contributed by atoms with Crippen LogP contribution in [0.1, 0.15) is 48.6 Å². The molecule has 0 amide bonds. The highest BCUT2D eigenvalue weighted by Crippen LogP contribution is 2.29.